The molecule has 0 radical (unpaired) electrons. The second kappa shape index (κ2) is 10.1. The van der Waals surface area contributed by atoms with Crippen molar-refractivity contribution in [3.63, 3.8) is 0 Å². The van der Waals surface area contributed by atoms with E-state index >= 15 is 0 Å². The maximum absolute atomic E-state index is 14.6. The van der Waals surface area contributed by atoms with Gasteiger partial charge in [-0.1, -0.05) is 13.8 Å². The van der Waals surface area contributed by atoms with Crippen molar-refractivity contribution in [2.75, 3.05) is 42.7 Å². The Morgan fingerprint density at radius 3 is 2.51 bits per heavy atom. The Balaban J connectivity index is 1.49. The largest absolute Gasteiger partial charge is 0.446 e. The topological polar surface area (TPSA) is 109 Å². The Morgan fingerprint density at radius 1 is 1.17 bits per heavy atom. The van der Waals surface area contributed by atoms with Crippen LogP contribution in [-0.2, 0) is 14.6 Å². The molecule has 1 fully saturated rings. The van der Waals surface area contributed by atoms with Crippen molar-refractivity contribution in [1.82, 2.24) is 19.3 Å². The maximum atomic E-state index is 14.6. The highest BCUT2D eigenvalue weighted by atomic mass is 32.2. The molecule has 1 aromatic carbocycles. The van der Waals surface area contributed by atoms with Crippen LogP contribution in [-0.4, -0.2) is 72.3 Å². The molecular formula is C23H29FN6O4S. The minimum atomic E-state index is -3.51. The zero-order chi connectivity index (χ0) is 25.2. The van der Waals surface area contributed by atoms with Gasteiger partial charge in [0.05, 0.1) is 16.8 Å². The van der Waals surface area contributed by atoms with E-state index in [2.05, 4.69) is 20.2 Å². The van der Waals surface area contributed by atoms with Gasteiger partial charge in [-0.25, -0.2) is 27.6 Å². The maximum Gasteiger partial charge on any atom is 0.410 e. The molecule has 0 unspecified atom stereocenters. The van der Waals surface area contributed by atoms with Gasteiger partial charge >= 0.3 is 6.09 Å². The number of carbonyl (C=O) groups is 1. The van der Waals surface area contributed by atoms with Crippen LogP contribution < -0.4 is 10.2 Å². The molecule has 0 atom stereocenters. The third kappa shape index (κ3) is 5.31. The minimum absolute atomic E-state index is 0.0670. The number of halogens is 1. The van der Waals surface area contributed by atoms with E-state index in [4.69, 9.17) is 4.74 Å². The Hall–Kier alpha value is -3.41. The quantitative estimate of drug-likeness (QED) is 0.521. The van der Waals surface area contributed by atoms with Gasteiger partial charge in [0, 0.05) is 44.8 Å². The minimum Gasteiger partial charge on any atom is -0.446 e. The SMILES string of the molecule is CCC(CC)OC(=O)N1CCN(c2ncc3c(Nc4ccc(S(C)(=O)=O)cc4F)nccn23)CC1. The second-order valence-corrected chi connectivity index (χ2v) is 10.4. The number of hydrogen-bond donors (Lipinski definition) is 1. The summed E-state index contributed by atoms with van der Waals surface area (Å²) in [5.74, 6) is 0.365. The third-order valence-corrected chi connectivity index (χ3v) is 7.17. The highest BCUT2D eigenvalue weighted by Crippen LogP contribution is 2.27. The number of ether oxygens (including phenoxy) is 1. The first-order valence-corrected chi connectivity index (χ1v) is 13.4. The Morgan fingerprint density at radius 2 is 1.89 bits per heavy atom. The van der Waals surface area contributed by atoms with Crippen molar-refractivity contribution in [3.05, 3.63) is 42.6 Å². The van der Waals surface area contributed by atoms with E-state index < -0.39 is 15.7 Å². The molecule has 0 bridgehead atoms. The Bertz CT molecular complexity index is 1320. The van der Waals surface area contributed by atoms with Gasteiger partial charge in [-0.15, -0.1) is 0 Å². The third-order valence-electron chi connectivity index (χ3n) is 6.06. The molecule has 1 saturated heterocycles. The normalized spacial score (nSPS) is 14.5. The first-order valence-electron chi connectivity index (χ1n) is 11.5. The first kappa shape index (κ1) is 24.7. The summed E-state index contributed by atoms with van der Waals surface area (Å²) in [6, 6.07) is 3.69. The van der Waals surface area contributed by atoms with Gasteiger partial charge in [0.2, 0.25) is 5.95 Å². The summed E-state index contributed by atoms with van der Waals surface area (Å²) in [7, 11) is -3.51. The fraction of sp³-hybridized carbons (Fsp3) is 0.435. The van der Waals surface area contributed by atoms with Crippen molar-refractivity contribution in [1.29, 1.82) is 0 Å². The molecule has 35 heavy (non-hydrogen) atoms. The van der Waals surface area contributed by atoms with Gasteiger partial charge in [0.15, 0.2) is 15.7 Å². The molecular weight excluding hydrogens is 475 g/mol. The number of nitrogens with one attached hydrogen (secondary N) is 1. The smallest absolute Gasteiger partial charge is 0.410 e. The number of piperazine rings is 1. The summed E-state index contributed by atoms with van der Waals surface area (Å²) >= 11 is 0. The number of fused-ring (bicyclic) bond motifs is 1. The first-order chi connectivity index (χ1) is 16.7. The number of hydrogen-bond acceptors (Lipinski definition) is 8. The molecule has 188 valence electrons. The molecule has 4 rings (SSSR count). The number of benzene rings is 1. The molecule has 0 saturated carbocycles. The summed E-state index contributed by atoms with van der Waals surface area (Å²) in [6.07, 6.45) is 7.24. The molecule has 2 aromatic heterocycles. The van der Waals surface area contributed by atoms with E-state index in [9.17, 15) is 17.6 Å². The lowest BCUT2D eigenvalue weighted by Crippen LogP contribution is -2.50. The average Bonchev–Trinajstić information content (AvgIpc) is 3.28. The zero-order valence-corrected chi connectivity index (χ0v) is 20.8. The number of imidazole rings is 1. The van der Waals surface area contributed by atoms with Gasteiger partial charge in [-0.05, 0) is 31.0 Å². The fourth-order valence-electron chi connectivity index (χ4n) is 3.96. The Labute approximate surface area is 203 Å². The van der Waals surface area contributed by atoms with Crippen molar-refractivity contribution in [2.45, 2.75) is 37.7 Å². The molecule has 0 spiro atoms. The number of sulfone groups is 1. The number of amides is 1. The van der Waals surface area contributed by atoms with Crippen molar-refractivity contribution in [2.24, 2.45) is 0 Å². The van der Waals surface area contributed by atoms with Crippen LogP contribution in [0.5, 0.6) is 0 Å². The Kier molecular flexibility index (Phi) is 7.10. The van der Waals surface area contributed by atoms with Gasteiger partial charge in [-0.3, -0.25) is 4.40 Å². The van der Waals surface area contributed by atoms with Crippen LogP contribution in [0.1, 0.15) is 26.7 Å². The summed E-state index contributed by atoms with van der Waals surface area (Å²) in [6.45, 7) is 6.21. The van der Waals surface area contributed by atoms with E-state index in [1.54, 1.807) is 23.5 Å². The van der Waals surface area contributed by atoms with Gasteiger partial charge < -0.3 is 19.9 Å². The second-order valence-electron chi connectivity index (χ2n) is 8.42. The van der Waals surface area contributed by atoms with Gasteiger partial charge in [-0.2, -0.15) is 0 Å². The standard InChI is InChI=1S/C23H29FN6O4S/c1-4-16(5-2)34-23(31)29-12-10-28(11-13-29)22-26-15-20-21(25-8-9-30(20)22)27-19-7-6-17(14-18(19)24)35(3,32)33/h6-9,14-16H,4-5,10-13H2,1-3H3,(H,25,27). The van der Waals surface area contributed by atoms with Gasteiger partial charge in [0.1, 0.15) is 17.4 Å². The number of aromatic nitrogens is 3. The fourth-order valence-corrected chi connectivity index (χ4v) is 4.59. The lowest BCUT2D eigenvalue weighted by molar-refractivity contribution is 0.0577. The van der Waals surface area contributed by atoms with Crippen LogP contribution in [0.15, 0.2) is 41.7 Å². The van der Waals surface area contributed by atoms with Crippen molar-refractivity contribution >= 4 is 38.9 Å². The molecule has 3 heterocycles. The van der Waals surface area contributed by atoms with Crippen LogP contribution in [0, 0.1) is 5.82 Å². The van der Waals surface area contributed by atoms with Crippen molar-refractivity contribution in [3.8, 4) is 0 Å². The van der Waals surface area contributed by atoms with Crippen LogP contribution >= 0.6 is 0 Å². The lowest BCUT2D eigenvalue weighted by atomic mass is 10.2. The van der Waals surface area contributed by atoms with E-state index in [0.717, 1.165) is 25.2 Å². The summed E-state index contributed by atoms with van der Waals surface area (Å²) in [5, 5.41) is 2.93. The predicted octanol–water partition coefficient (Wildman–Crippen LogP) is 3.46. The van der Waals surface area contributed by atoms with E-state index in [1.807, 2.05) is 18.2 Å². The highest BCUT2D eigenvalue weighted by Gasteiger charge is 2.26. The van der Waals surface area contributed by atoms with E-state index in [-0.39, 0.29) is 22.8 Å². The molecule has 12 heteroatoms. The predicted molar refractivity (Wildman–Crippen MR) is 130 cm³/mol. The van der Waals surface area contributed by atoms with E-state index in [1.165, 1.54) is 12.1 Å². The lowest BCUT2D eigenvalue weighted by Gasteiger charge is -2.35. The van der Waals surface area contributed by atoms with Crippen LogP contribution in [0.3, 0.4) is 0 Å². The number of carbonyl (C=O) groups excluding carboxylic acids is 1. The zero-order valence-electron chi connectivity index (χ0n) is 19.9. The summed E-state index contributed by atoms with van der Waals surface area (Å²) in [4.78, 5) is 25.0. The van der Waals surface area contributed by atoms with Crippen molar-refractivity contribution < 1.29 is 22.3 Å². The van der Waals surface area contributed by atoms with E-state index in [0.29, 0.717) is 43.5 Å². The summed E-state index contributed by atoms with van der Waals surface area (Å²) < 4.78 is 45.3. The molecule has 1 aliphatic rings. The molecule has 10 nitrogen and oxygen atoms in total. The number of nitrogens with zero attached hydrogens (tertiary/aromatic N) is 5. The average molecular weight is 505 g/mol. The van der Waals surface area contributed by atoms with Crippen LogP contribution in [0.4, 0.5) is 26.6 Å². The number of rotatable bonds is 7. The molecule has 1 amide bonds. The monoisotopic (exact) mass is 504 g/mol. The summed E-state index contributed by atoms with van der Waals surface area (Å²) in [5.41, 5.74) is 0.731. The van der Waals surface area contributed by atoms with Crippen LogP contribution in [0.25, 0.3) is 5.52 Å². The van der Waals surface area contributed by atoms with Gasteiger partial charge in [0.25, 0.3) is 0 Å². The molecule has 1 aliphatic heterocycles. The van der Waals surface area contributed by atoms with Crippen LogP contribution in [0.2, 0.25) is 0 Å². The molecule has 0 aliphatic carbocycles. The molecule has 3 aromatic rings. The highest BCUT2D eigenvalue weighted by molar-refractivity contribution is 7.90. The number of anilines is 3. The molecule has 1 N–H and O–H groups in total.